The number of piperazine rings is 1. The summed E-state index contributed by atoms with van der Waals surface area (Å²) in [7, 11) is 0. The van der Waals surface area contributed by atoms with Gasteiger partial charge in [0.25, 0.3) is 0 Å². The minimum absolute atomic E-state index is 0.0138. The standard InChI is InChI=1S/C20H20F3N3O2/c1-13(27)14-2-4-15(5-3-14)26-10-8-25(9-11-26)12-18(28)24-17-7-6-16(21)19(22)20(17)23/h2-7H,8-12H2,1H3,(H,24,28). The first kappa shape index (κ1) is 19.9. The van der Waals surface area contributed by atoms with Gasteiger partial charge in [0.2, 0.25) is 5.91 Å². The smallest absolute Gasteiger partial charge is 0.238 e. The van der Waals surface area contributed by atoms with Gasteiger partial charge in [0, 0.05) is 37.4 Å². The molecule has 0 atom stereocenters. The fourth-order valence-electron chi connectivity index (χ4n) is 3.09. The molecule has 2 aromatic carbocycles. The molecule has 148 valence electrons. The average molecular weight is 391 g/mol. The molecule has 0 aromatic heterocycles. The van der Waals surface area contributed by atoms with Crippen molar-refractivity contribution < 1.29 is 22.8 Å². The lowest BCUT2D eigenvalue weighted by atomic mass is 10.1. The number of benzene rings is 2. The summed E-state index contributed by atoms with van der Waals surface area (Å²) in [6.45, 7) is 4.14. The molecule has 2 aromatic rings. The number of carbonyl (C=O) groups is 2. The fourth-order valence-corrected chi connectivity index (χ4v) is 3.09. The lowest BCUT2D eigenvalue weighted by molar-refractivity contribution is -0.117. The Morgan fingerprint density at radius 2 is 1.57 bits per heavy atom. The van der Waals surface area contributed by atoms with Gasteiger partial charge in [-0.1, -0.05) is 0 Å². The van der Waals surface area contributed by atoms with E-state index in [1.807, 2.05) is 17.0 Å². The molecule has 0 spiro atoms. The lowest BCUT2D eigenvalue weighted by Gasteiger charge is -2.35. The van der Waals surface area contributed by atoms with Crippen LogP contribution in [0.5, 0.6) is 0 Å². The topological polar surface area (TPSA) is 52.7 Å². The molecule has 8 heteroatoms. The Balaban J connectivity index is 1.52. The Hall–Kier alpha value is -2.87. The molecular weight excluding hydrogens is 371 g/mol. The Bertz CT molecular complexity index is 879. The quantitative estimate of drug-likeness (QED) is 0.629. The van der Waals surface area contributed by atoms with Gasteiger partial charge in [-0.25, -0.2) is 13.2 Å². The van der Waals surface area contributed by atoms with Gasteiger partial charge in [-0.05, 0) is 43.3 Å². The third-order valence-corrected chi connectivity index (χ3v) is 4.69. The van der Waals surface area contributed by atoms with Gasteiger partial charge in [0.1, 0.15) is 0 Å². The Kier molecular flexibility index (Phi) is 5.99. The van der Waals surface area contributed by atoms with Crippen molar-refractivity contribution in [1.29, 1.82) is 0 Å². The van der Waals surface area contributed by atoms with Crippen LogP contribution in [0.2, 0.25) is 0 Å². The van der Waals surface area contributed by atoms with Crippen LogP contribution in [0.25, 0.3) is 0 Å². The third-order valence-electron chi connectivity index (χ3n) is 4.69. The zero-order chi connectivity index (χ0) is 20.3. The molecular formula is C20H20F3N3O2. The van der Waals surface area contributed by atoms with E-state index < -0.39 is 23.4 Å². The number of ketones is 1. The summed E-state index contributed by atoms with van der Waals surface area (Å²) >= 11 is 0. The van der Waals surface area contributed by atoms with E-state index in [9.17, 15) is 22.8 Å². The van der Waals surface area contributed by atoms with Crippen molar-refractivity contribution >= 4 is 23.1 Å². The molecule has 5 nitrogen and oxygen atoms in total. The van der Waals surface area contributed by atoms with Crippen LogP contribution in [0.4, 0.5) is 24.5 Å². The molecule has 1 aliphatic rings. The highest BCUT2D eigenvalue weighted by atomic mass is 19.2. The summed E-state index contributed by atoms with van der Waals surface area (Å²) in [4.78, 5) is 27.5. The third kappa shape index (κ3) is 4.51. The monoisotopic (exact) mass is 391 g/mol. The number of hydrogen-bond donors (Lipinski definition) is 1. The highest BCUT2D eigenvalue weighted by molar-refractivity contribution is 5.94. The van der Waals surface area contributed by atoms with Crippen LogP contribution < -0.4 is 10.2 Å². The summed E-state index contributed by atoms with van der Waals surface area (Å²) in [5.41, 5.74) is 1.27. The number of halogens is 3. The zero-order valence-electron chi connectivity index (χ0n) is 15.3. The molecule has 1 N–H and O–H groups in total. The predicted octanol–water partition coefficient (Wildman–Crippen LogP) is 3.07. The summed E-state index contributed by atoms with van der Waals surface area (Å²) in [6, 6.07) is 9.12. The number of Topliss-reactive ketones (excluding diaryl/α,β-unsaturated/α-hetero) is 1. The van der Waals surface area contributed by atoms with Crippen LogP contribution in [-0.2, 0) is 4.79 Å². The van der Waals surface area contributed by atoms with Crippen molar-refractivity contribution in [3.8, 4) is 0 Å². The second kappa shape index (κ2) is 8.43. The number of carbonyl (C=O) groups excluding carboxylic acids is 2. The second-order valence-electron chi connectivity index (χ2n) is 6.64. The SMILES string of the molecule is CC(=O)c1ccc(N2CCN(CC(=O)Nc3ccc(F)c(F)c3F)CC2)cc1. The number of anilines is 2. The van der Waals surface area contributed by atoms with Crippen LogP contribution in [0.1, 0.15) is 17.3 Å². The minimum atomic E-state index is -1.61. The summed E-state index contributed by atoms with van der Waals surface area (Å²) in [6.07, 6.45) is 0. The maximum Gasteiger partial charge on any atom is 0.238 e. The van der Waals surface area contributed by atoms with Gasteiger partial charge in [-0.2, -0.15) is 0 Å². The van der Waals surface area contributed by atoms with Gasteiger partial charge >= 0.3 is 0 Å². The molecule has 0 aliphatic carbocycles. The normalized spacial score (nSPS) is 14.8. The average Bonchev–Trinajstić information content (AvgIpc) is 2.69. The fraction of sp³-hybridized carbons (Fsp3) is 0.300. The second-order valence-corrected chi connectivity index (χ2v) is 6.64. The van der Waals surface area contributed by atoms with Gasteiger partial charge in [-0.3, -0.25) is 14.5 Å². The van der Waals surface area contributed by atoms with Crippen molar-refractivity contribution in [3.63, 3.8) is 0 Å². The first-order chi connectivity index (χ1) is 13.3. The van der Waals surface area contributed by atoms with E-state index in [-0.39, 0.29) is 18.0 Å². The molecule has 3 rings (SSSR count). The Morgan fingerprint density at radius 1 is 0.929 bits per heavy atom. The van der Waals surface area contributed by atoms with Crippen LogP contribution >= 0.6 is 0 Å². The van der Waals surface area contributed by atoms with Gasteiger partial charge in [0.15, 0.2) is 23.2 Å². The largest absolute Gasteiger partial charge is 0.369 e. The number of hydrogen-bond acceptors (Lipinski definition) is 4. The van der Waals surface area contributed by atoms with E-state index in [0.717, 1.165) is 17.8 Å². The predicted molar refractivity (Wildman–Crippen MR) is 100 cm³/mol. The van der Waals surface area contributed by atoms with Crippen molar-refractivity contribution in [3.05, 3.63) is 59.4 Å². The Morgan fingerprint density at radius 3 is 2.18 bits per heavy atom. The molecule has 28 heavy (non-hydrogen) atoms. The van der Waals surface area contributed by atoms with E-state index in [4.69, 9.17) is 0 Å². The molecule has 1 aliphatic heterocycles. The van der Waals surface area contributed by atoms with Gasteiger partial charge < -0.3 is 10.2 Å². The van der Waals surface area contributed by atoms with Crippen molar-refractivity contribution in [2.24, 2.45) is 0 Å². The van der Waals surface area contributed by atoms with E-state index in [2.05, 4.69) is 10.2 Å². The van der Waals surface area contributed by atoms with Gasteiger partial charge in [0.05, 0.1) is 12.2 Å². The van der Waals surface area contributed by atoms with E-state index in [1.165, 1.54) is 6.92 Å². The van der Waals surface area contributed by atoms with Crippen molar-refractivity contribution in [2.45, 2.75) is 6.92 Å². The van der Waals surface area contributed by atoms with Crippen LogP contribution in [0.3, 0.4) is 0 Å². The number of nitrogens with one attached hydrogen (secondary N) is 1. The van der Waals surface area contributed by atoms with E-state index in [0.29, 0.717) is 31.7 Å². The van der Waals surface area contributed by atoms with E-state index >= 15 is 0 Å². The lowest BCUT2D eigenvalue weighted by Crippen LogP contribution is -2.48. The molecule has 0 radical (unpaired) electrons. The highest BCUT2D eigenvalue weighted by Crippen LogP contribution is 2.20. The molecule has 1 fully saturated rings. The van der Waals surface area contributed by atoms with Crippen LogP contribution in [0.15, 0.2) is 36.4 Å². The molecule has 0 bridgehead atoms. The first-order valence-electron chi connectivity index (χ1n) is 8.87. The zero-order valence-corrected chi connectivity index (χ0v) is 15.3. The van der Waals surface area contributed by atoms with Crippen LogP contribution in [-0.4, -0.2) is 49.3 Å². The summed E-state index contributed by atoms with van der Waals surface area (Å²) < 4.78 is 39.8. The number of rotatable bonds is 5. The molecule has 0 saturated carbocycles. The van der Waals surface area contributed by atoms with Crippen molar-refractivity contribution in [2.75, 3.05) is 42.9 Å². The molecule has 0 unspecified atom stereocenters. The van der Waals surface area contributed by atoms with E-state index in [1.54, 1.807) is 12.1 Å². The Labute approximate surface area is 160 Å². The maximum atomic E-state index is 13.6. The van der Waals surface area contributed by atoms with Crippen molar-refractivity contribution in [1.82, 2.24) is 4.90 Å². The van der Waals surface area contributed by atoms with Crippen LogP contribution in [0, 0.1) is 17.5 Å². The molecule has 1 saturated heterocycles. The maximum absolute atomic E-state index is 13.6. The number of nitrogens with zero attached hydrogens (tertiary/aromatic N) is 2. The highest BCUT2D eigenvalue weighted by Gasteiger charge is 2.21. The molecule has 1 heterocycles. The number of amides is 1. The van der Waals surface area contributed by atoms with Gasteiger partial charge in [-0.15, -0.1) is 0 Å². The first-order valence-corrected chi connectivity index (χ1v) is 8.87. The summed E-state index contributed by atoms with van der Waals surface area (Å²) in [5.74, 6) is -4.80. The summed E-state index contributed by atoms with van der Waals surface area (Å²) in [5, 5.41) is 2.28. The molecule has 1 amide bonds. The minimum Gasteiger partial charge on any atom is -0.369 e.